The first kappa shape index (κ1) is 23.6. The molecule has 2 aromatic heterocycles. The maximum Gasteiger partial charge on any atom is 0.336 e. The second-order valence-electron chi connectivity index (χ2n) is 6.12. The Labute approximate surface area is 163 Å². The van der Waals surface area contributed by atoms with Gasteiger partial charge in [0.1, 0.15) is 0 Å². The highest BCUT2D eigenvalue weighted by molar-refractivity contribution is 5.88. The van der Waals surface area contributed by atoms with E-state index in [0.717, 1.165) is 4.57 Å². The number of carboxylic acid groups (broad SMARTS) is 2. The number of aliphatic hydroxyl groups is 1. The summed E-state index contributed by atoms with van der Waals surface area (Å²) >= 11 is 0. The Morgan fingerprint density at radius 2 is 1.69 bits per heavy atom. The molecule has 2 rings (SSSR count). The minimum absolute atomic E-state index is 0.0294. The Balaban J connectivity index is 0.000000290. The van der Waals surface area contributed by atoms with Gasteiger partial charge in [-0.1, -0.05) is 0 Å². The first-order chi connectivity index (χ1) is 13.4. The van der Waals surface area contributed by atoms with Crippen LogP contribution >= 0.6 is 0 Å². The number of ether oxygens (including phenoxy) is 1. The van der Waals surface area contributed by atoms with Crippen LogP contribution in [0.3, 0.4) is 0 Å². The lowest BCUT2D eigenvalue weighted by Crippen LogP contribution is -2.43. The molecule has 3 N–H and O–H groups in total. The molecule has 0 aliphatic heterocycles. The molecular weight excluding hydrogens is 392 g/mol. The number of hydrogen-bond acceptors (Lipinski definition) is 8. The lowest BCUT2D eigenvalue weighted by atomic mass is 9.96. The zero-order valence-electron chi connectivity index (χ0n) is 16.3. The van der Waals surface area contributed by atoms with Gasteiger partial charge in [-0.05, 0) is 6.92 Å². The third kappa shape index (κ3) is 5.28. The number of fused-ring (bicyclic) bond motifs is 1. The number of esters is 1. The zero-order chi connectivity index (χ0) is 22.5. The van der Waals surface area contributed by atoms with Gasteiger partial charge in [0.2, 0.25) is 0 Å². The summed E-state index contributed by atoms with van der Waals surface area (Å²) in [5, 5.41) is 26.3. The molecule has 0 aliphatic carbocycles. The van der Waals surface area contributed by atoms with Crippen LogP contribution in [0.4, 0.5) is 0 Å². The second kappa shape index (κ2) is 9.14. The number of aryl methyl sites for hydroxylation is 2. The van der Waals surface area contributed by atoms with Crippen LogP contribution in [0.15, 0.2) is 15.9 Å². The van der Waals surface area contributed by atoms with E-state index in [0.29, 0.717) is 11.2 Å². The highest BCUT2D eigenvalue weighted by atomic mass is 16.5. The van der Waals surface area contributed by atoms with E-state index in [1.165, 1.54) is 24.9 Å². The normalized spacial score (nSPS) is 12.6. The first-order valence-corrected chi connectivity index (χ1v) is 8.26. The van der Waals surface area contributed by atoms with Crippen molar-refractivity contribution in [3.05, 3.63) is 27.2 Å². The zero-order valence-corrected chi connectivity index (χ0v) is 16.3. The fourth-order valence-corrected chi connectivity index (χ4v) is 2.39. The number of carbonyl (C=O) groups excluding carboxylic acids is 1. The number of nitrogens with zero attached hydrogens (tertiary/aromatic N) is 4. The molecule has 0 saturated heterocycles. The SMILES string of the molecule is CCOC(=O)CC(O)(CC(=O)O)C(=O)O.Cn1c(=O)c2c(ncn2C)n(C)c1=O. The molecule has 2 heterocycles. The van der Waals surface area contributed by atoms with E-state index in [1.54, 1.807) is 18.7 Å². The van der Waals surface area contributed by atoms with E-state index in [1.807, 2.05) is 0 Å². The molecule has 29 heavy (non-hydrogen) atoms. The predicted octanol–water partition coefficient (Wildman–Crippen LogP) is -1.80. The first-order valence-electron chi connectivity index (χ1n) is 8.26. The topological polar surface area (TPSA) is 183 Å². The van der Waals surface area contributed by atoms with Crippen molar-refractivity contribution >= 4 is 29.1 Å². The summed E-state index contributed by atoms with van der Waals surface area (Å²) < 4.78 is 8.45. The average Bonchev–Trinajstić information content (AvgIpc) is 2.99. The molecule has 1 atom stereocenters. The molecule has 0 spiro atoms. The molecule has 0 aromatic carbocycles. The number of hydrogen-bond donors (Lipinski definition) is 3. The number of rotatable bonds is 6. The number of imidazole rings is 1. The Hall–Kier alpha value is -3.48. The fourth-order valence-electron chi connectivity index (χ4n) is 2.39. The van der Waals surface area contributed by atoms with Crippen molar-refractivity contribution in [1.82, 2.24) is 18.7 Å². The summed E-state index contributed by atoms with van der Waals surface area (Å²) in [6.07, 6.45) is -0.422. The monoisotopic (exact) mass is 414 g/mol. The molecule has 0 aliphatic rings. The second-order valence-corrected chi connectivity index (χ2v) is 6.12. The van der Waals surface area contributed by atoms with Gasteiger partial charge in [-0.15, -0.1) is 0 Å². The quantitative estimate of drug-likeness (QED) is 0.456. The number of carbonyl (C=O) groups is 3. The van der Waals surface area contributed by atoms with Crippen molar-refractivity contribution in [2.45, 2.75) is 25.4 Å². The van der Waals surface area contributed by atoms with Crippen LogP contribution in [0.2, 0.25) is 0 Å². The minimum atomic E-state index is -2.61. The smallest absolute Gasteiger partial charge is 0.336 e. The van der Waals surface area contributed by atoms with Gasteiger partial charge in [-0.3, -0.25) is 23.5 Å². The molecule has 0 amide bonds. The van der Waals surface area contributed by atoms with Gasteiger partial charge < -0.3 is 24.6 Å². The van der Waals surface area contributed by atoms with E-state index < -0.39 is 36.4 Å². The van der Waals surface area contributed by atoms with E-state index in [4.69, 9.17) is 10.2 Å². The molecule has 0 saturated carbocycles. The molecule has 13 nitrogen and oxygen atoms in total. The maximum absolute atomic E-state index is 11.7. The summed E-state index contributed by atoms with van der Waals surface area (Å²) in [6, 6.07) is 0. The Morgan fingerprint density at radius 1 is 1.10 bits per heavy atom. The Bertz CT molecular complexity index is 1050. The molecule has 13 heteroatoms. The van der Waals surface area contributed by atoms with Crippen molar-refractivity contribution < 1.29 is 34.4 Å². The predicted molar refractivity (Wildman–Crippen MR) is 97.3 cm³/mol. The van der Waals surface area contributed by atoms with Gasteiger partial charge in [-0.2, -0.15) is 0 Å². The van der Waals surface area contributed by atoms with Gasteiger partial charge >= 0.3 is 23.6 Å². The lowest BCUT2D eigenvalue weighted by Gasteiger charge is -2.19. The van der Waals surface area contributed by atoms with Gasteiger partial charge in [0.25, 0.3) is 5.56 Å². The van der Waals surface area contributed by atoms with Gasteiger partial charge in [0.15, 0.2) is 16.8 Å². The lowest BCUT2D eigenvalue weighted by molar-refractivity contribution is -0.171. The largest absolute Gasteiger partial charge is 0.481 e. The van der Waals surface area contributed by atoms with E-state index in [-0.39, 0.29) is 17.9 Å². The van der Waals surface area contributed by atoms with Gasteiger partial charge in [0, 0.05) is 21.1 Å². The van der Waals surface area contributed by atoms with E-state index in [2.05, 4.69) is 9.72 Å². The maximum atomic E-state index is 11.7. The average molecular weight is 414 g/mol. The number of carboxylic acids is 2. The van der Waals surface area contributed by atoms with E-state index >= 15 is 0 Å². The molecule has 0 bridgehead atoms. The molecule has 2 aromatic rings. The van der Waals surface area contributed by atoms with Crippen molar-refractivity contribution in [1.29, 1.82) is 0 Å². The molecule has 0 radical (unpaired) electrons. The van der Waals surface area contributed by atoms with Crippen LogP contribution in [0.1, 0.15) is 19.8 Å². The van der Waals surface area contributed by atoms with Crippen LogP contribution in [0, 0.1) is 0 Å². The molecule has 0 fully saturated rings. The third-order valence-corrected chi connectivity index (χ3v) is 3.90. The summed E-state index contributed by atoms with van der Waals surface area (Å²) in [4.78, 5) is 58.9. The summed E-state index contributed by atoms with van der Waals surface area (Å²) in [5.74, 6) is -4.23. The third-order valence-electron chi connectivity index (χ3n) is 3.90. The molecule has 1 unspecified atom stereocenters. The summed E-state index contributed by atoms with van der Waals surface area (Å²) in [7, 11) is 4.77. The van der Waals surface area contributed by atoms with Crippen molar-refractivity contribution in [2.75, 3.05) is 6.61 Å². The number of aromatic nitrogens is 4. The Morgan fingerprint density at radius 3 is 2.17 bits per heavy atom. The highest BCUT2D eigenvalue weighted by Gasteiger charge is 2.41. The van der Waals surface area contributed by atoms with Crippen LogP contribution in [0.25, 0.3) is 11.2 Å². The van der Waals surface area contributed by atoms with Gasteiger partial charge in [-0.25, -0.2) is 14.6 Å². The van der Waals surface area contributed by atoms with Crippen molar-refractivity contribution in [2.24, 2.45) is 21.1 Å². The fraction of sp³-hybridized carbons (Fsp3) is 0.500. The van der Waals surface area contributed by atoms with Crippen LogP contribution in [-0.4, -0.2) is 64.1 Å². The van der Waals surface area contributed by atoms with Crippen LogP contribution < -0.4 is 11.2 Å². The van der Waals surface area contributed by atoms with Crippen LogP contribution in [0.5, 0.6) is 0 Å². The van der Waals surface area contributed by atoms with Crippen molar-refractivity contribution in [3.63, 3.8) is 0 Å². The molecular formula is C16H22N4O9. The standard InChI is InChI=1S/C8H10N4O2.C8H12O7/c1-10-4-9-6-5(10)7(13)12(3)8(14)11(6)2;1-2-15-6(11)4-8(14,7(12)13)3-5(9)10/h4H,1-3H3;14H,2-4H2,1H3,(H,9,10)(H,12,13). The molecule has 160 valence electrons. The number of aliphatic carboxylic acids is 2. The highest BCUT2D eigenvalue weighted by Crippen LogP contribution is 2.16. The van der Waals surface area contributed by atoms with Crippen LogP contribution in [-0.2, 0) is 40.3 Å². The summed E-state index contributed by atoms with van der Waals surface area (Å²) in [5.41, 5.74) is -2.43. The van der Waals surface area contributed by atoms with Crippen molar-refractivity contribution in [3.8, 4) is 0 Å². The van der Waals surface area contributed by atoms with E-state index in [9.17, 15) is 29.1 Å². The van der Waals surface area contributed by atoms with Gasteiger partial charge in [0.05, 0.1) is 25.8 Å². The Kier molecular flexibility index (Phi) is 7.43. The minimum Gasteiger partial charge on any atom is -0.481 e. The summed E-state index contributed by atoms with van der Waals surface area (Å²) in [6.45, 7) is 1.54.